The molecule has 6 heteroatoms. The van der Waals surface area contributed by atoms with Gasteiger partial charge in [0.05, 0.1) is 24.6 Å². The van der Waals surface area contributed by atoms with Gasteiger partial charge >= 0.3 is 0 Å². The van der Waals surface area contributed by atoms with Crippen molar-refractivity contribution < 1.29 is 9.47 Å². The van der Waals surface area contributed by atoms with Crippen LogP contribution in [0.3, 0.4) is 0 Å². The molecule has 0 spiro atoms. The molecule has 136 valence electrons. The van der Waals surface area contributed by atoms with E-state index in [0.717, 1.165) is 19.3 Å². The van der Waals surface area contributed by atoms with Crippen LogP contribution in [0.5, 0.6) is 11.5 Å². The van der Waals surface area contributed by atoms with Crippen molar-refractivity contribution in [2.45, 2.75) is 26.2 Å². The number of nitrogens with two attached hydrogens (primary N) is 4. The first-order valence-electron chi connectivity index (χ1n) is 8.51. The smallest absolute Gasteiger partial charge is 0.142 e. The van der Waals surface area contributed by atoms with Crippen LogP contribution >= 0.6 is 0 Å². The van der Waals surface area contributed by atoms with E-state index >= 15 is 0 Å². The van der Waals surface area contributed by atoms with Gasteiger partial charge in [-0.25, -0.2) is 0 Å². The zero-order valence-corrected chi connectivity index (χ0v) is 14.7. The fourth-order valence-electron chi connectivity index (χ4n) is 2.49. The molecule has 0 radical (unpaired) electrons. The number of unbranched alkanes of at least 4 members (excludes halogenated alkanes) is 1. The lowest BCUT2D eigenvalue weighted by molar-refractivity contribution is 0.243. The molecular weight excluding hydrogens is 316 g/mol. The van der Waals surface area contributed by atoms with Gasteiger partial charge in [-0.1, -0.05) is 6.92 Å². The van der Waals surface area contributed by atoms with E-state index in [-0.39, 0.29) is 0 Å². The summed E-state index contributed by atoms with van der Waals surface area (Å²) in [5.41, 5.74) is 25.5. The second-order valence-electron chi connectivity index (χ2n) is 6.35. The summed E-state index contributed by atoms with van der Waals surface area (Å²) in [6, 6.07) is 10.6. The van der Waals surface area contributed by atoms with Crippen LogP contribution in [0.25, 0.3) is 0 Å². The number of rotatable bonds is 9. The molecule has 0 bridgehead atoms. The van der Waals surface area contributed by atoms with Crippen LogP contribution < -0.4 is 32.4 Å². The number of hydrogen-bond acceptors (Lipinski definition) is 6. The Bertz CT molecular complexity index is 691. The van der Waals surface area contributed by atoms with Crippen LogP contribution in [0.15, 0.2) is 36.4 Å². The second-order valence-corrected chi connectivity index (χ2v) is 6.35. The van der Waals surface area contributed by atoms with E-state index < -0.39 is 0 Å². The first-order valence-corrected chi connectivity index (χ1v) is 8.51. The topological polar surface area (TPSA) is 123 Å². The van der Waals surface area contributed by atoms with E-state index in [1.165, 1.54) is 0 Å². The highest BCUT2D eigenvalue weighted by atomic mass is 16.5. The van der Waals surface area contributed by atoms with E-state index in [2.05, 4.69) is 6.92 Å². The van der Waals surface area contributed by atoms with Crippen molar-refractivity contribution in [3.8, 4) is 11.5 Å². The van der Waals surface area contributed by atoms with Gasteiger partial charge < -0.3 is 32.4 Å². The molecule has 25 heavy (non-hydrogen) atoms. The van der Waals surface area contributed by atoms with Gasteiger partial charge in [-0.2, -0.15) is 0 Å². The molecule has 0 saturated heterocycles. The molecule has 8 N–H and O–H groups in total. The van der Waals surface area contributed by atoms with Crippen LogP contribution in [-0.2, 0) is 0 Å². The molecule has 0 heterocycles. The normalized spacial score (nSPS) is 11.9. The standard InChI is InChI=1S/C19H28N4O2/c1-13(12-25-19-8-6-15(21)11-17(19)23)4-2-3-9-24-18-7-5-14(20)10-16(18)22/h5-8,10-11,13H,2-4,9,12,20-23H2,1H3. The highest BCUT2D eigenvalue weighted by Gasteiger charge is 2.06. The molecule has 0 aromatic heterocycles. The monoisotopic (exact) mass is 344 g/mol. The Morgan fingerprint density at radius 3 is 1.92 bits per heavy atom. The average Bonchev–Trinajstić information content (AvgIpc) is 2.55. The molecule has 2 rings (SSSR count). The molecule has 0 aliphatic carbocycles. The number of hydrogen-bond donors (Lipinski definition) is 4. The minimum Gasteiger partial charge on any atom is -0.491 e. The molecule has 2 aromatic rings. The SMILES string of the molecule is CC(CCCCOc1ccc(N)cc1N)COc1ccc(N)cc1N. The third-order valence-electron chi connectivity index (χ3n) is 3.94. The Morgan fingerprint density at radius 2 is 1.36 bits per heavy atom. The molecule has 0 aliphatic heterocycles. The molecule has 1 atom stereocenters. The summed E-state index contributed by atoms with van der Waals surface area (Å²) >= 11 is 0. The van der Waals surface area contributed by atoms with Crippen LogP contribution in [0.1, 0.15) is 26.2 Å². The Labute approximate surface area is 149 Å². The third-order valence-corrected chi connectivity index (χ3v) is 3.94. The van der Waals surface area contributed by atoms with Crippen LogP contribution in [0.4, 0.5) is 22.7 Å². The summed E-state index contributed by atoms with van der Waals surface area (Å²) in [7, 11) is 0. The van der Waals surface area contributed by atoms with E-state index in [9.17, 15) is 0 Å². The lowest BCUT2D eigenvalue weighted by Crippen LogP contribution is -2.10. The molecule has 0 fully saturated rings. The lowest BCUT2D eigenvalue weighted by Gasteiger charge is -2.15. The molecule has 6 nitrogen and oxygen atoms in total. The van der Waals surface area contributed by atoms with Crippen molar-refractivity contribution in [1.29, 1.82) is 0 Å². The van der Waals surface area contributed by atoms with E-state index in [1.807, 2.05) is 6.07 Å². The number of benzene rings is 2. The Morgan fingerprint density at radius 1 is 0.800 bits per heavy atom. The minimum atomic E-state index is 0.429. The lowest BCUT2D eigenvalue weighted by atomic mass is 10.1. The molecule has 0 saturated carbocycles. The van der Waals surface area contributed by atoms with Gasteiger partial charge in [-0.15, -0.1) is 0 Å². The van der Waals surface area contributed by atoms with Gasteiger partial charge in [0.2, 0.25) is 0 Å². The largest absolute Gasteiger partial charge is 0.491 e. The van der Waals surface area contributed by atoms with Gasteiger partial charge in [-0.3, -0.25) is 0 Å². The average molecular weight is 344 g/mol. The Balaban J connectivity index is 1.62. The van der Waals surface area contributed by atoms with E-state index in [1.54, 1.807) is 30.3 Å². The summed E-state index contributed by atoms with van der Waals surface area (Å²) in [5.74, 6) is 1.80. The molecule has 0 aliphatic rings. The molecular formula is C19H28N4O2. The van der Waals surface area contributed by atoms with Gasteiger partial charge in [0, 0.05) is 11.4 Å². The van der Waals surface area contributed by atoms with Crippen molar-refractivity contribution >= 4 is 22.7 Å². The van der Waals surface area contributed by atoms with Gasteiger partial charge in [0.1, 0.15) is 11.5 Å². The van der Waals surface area contributed by atoms with Gasteiger partial charge in [0.25, 0.3) is 0 Å². The number of anilines is 4. The Hall–Kier alpha value is -2.76. The fourth-order valence-corrected chi connectivity index (χ4v) is 2.49. The zero-order chi connectivity index (χ0) is 18.2. The second kappa shape index (κ2) is 8.92. The number of ether oxygens (including phenoxy) is 2. The van der Waals surface area contributed by atoms with Gasteiger partial charge in [-0.05, 0) is 61.6 Å². The highest BCUT2D eigenvalue weighted by Crippen LogP contribution is 2.25. The number of nitrogen functional groups attached to an aromatic ring is 4. The maximum absolute atomic E-state index is 5.88. The van der Waals surface area contributed by atoms with Crippen LogP contribution in [0.2, 0.25) is 0 Å². The fraction of sp³-hybridized carbons (Fsp3) is 0.368. The Kier molecular flexibility index (Phi) is 6.62. The predicted molar refractivity (Wildman–Crippen MR) is 105 cm³/mol. The van der Waals surface area contributed by atoms with E-state index in [0.29, 0.717) is 53.4 Å². The summed E-state index contributed by atoms with van der Waals surface area (Å²) in [6.45, 7) is 3.42. The highest BCUT2D eigenvalue weighted by molar-refractivity contribution is 5.61. The molecule has 0 amide bonds. The first kappa shape index (κ1) is 18.6. The van der Waals surface area contributed by atoms with Crippen molar-refractivity contribution in [1.82, 2.24) is 0 Å². The summed E-state index contributed by atoms with van der Waals surface area (Å²) < 4.78 is 11.5. The maximum Gasteiger partial charge on any atom is 0.142 e. The minimum absolute atomic E-state index is 0.429. The van der Waals surface area contributed by atoms with Crippen LogP contribution in [0, 0.1) is 5.92 Å². The van der Waals surface area contributed by atoms with Crippen molar-refractivity contribution in [2.75, 3.05) is 36.1 Å². The summed E-state index contributed by atoms with van der Waals surface area (Å²) in [5, 5.41) is 0. The van der Waals surface area contributed by atoms with E-state index in [4.69, 9.17) is 32.4 Å². The zero-order valence-electron chi connectivity index (χ0n) is 14.7. The summed E-state index contributed by atoms with van der Waals surface area (Å²) in [4.78, 5) is 0. The maximum atomic E-state index is 5.88. The third kappa shape index (κ3) is 5.99. The van der Waals surface area contributed by atoms with Crippen LogP contribution in [-0.4, -0.2) is 13.2 Å². The quantitative estimate of drug-likeness (QED) is 0.409. The van der Waals surface area contributed by atoms with Crippen molar-refractivity contribution in [2.24, 2.45) is 5.92 Å². The first-order chi connectivity index (χ1) is 12.0. The predicted octanol–water partition coefficient (Wildman–Crippen LogP) is 3.28. The molecule has 2 aromatic carbocycles. The summed E-state index contributed by atoms with van der Waals surface area (Å²) in [6.07, 6.45) is 3.06. The van der Waals surface area contributed by atoms with Crippen molar-refractivity contribution in [3.05, 3.63) is 36.4 Å². The molecule has 1 unspecified atom stereocenters. The van der Waals surface area contributed by atoms with Crippen molar-refractivity contribution in [3.63, 3.8) is 0 Å². The van der Waals surface area contributed by atoms with Gasteiger partial charge in [0.15, 0.2) is 0 Å².